The summed E-state index contributed by atoms with van der Waals surface area (Å²) in [5, 5.41) is 0. The Labute approximate surface area is 90.1 Å². The zero-order valence-corrected chi connectivity index (χ0v) is 10.6. The highest BCUT2D eigenvalue weighted by molar-refractivity contribution is 5.04. The molecule has 0 nitrogen and oxygen atoms in total. The Hall–Kier alpha value is -0.520. The van der Waals surface area contributed by atoms with E-state index in [0.29, 0.717) is 11.3 Å². The fraction of sp³-hybridized carbons (Fsp3) is 0.714. The highest BCUT2D eigenvalue weighted by Crippen LogP contribution is 2.34. The van der Waals surface area contributed by atoms with E-state index in [0.717, 1.165) is 6.42 Å². The van der Waals surface area contributed by atoms with Crippen molar-refractivity contribution in [2.75, 3.05) is 0 Å². The predicted octanol–water partition coefficient (Wildman–Crippen LogP) is 4.97. The summed E-state index contributed by atoms with van der Waals surface area (Å²) in [6.07, 6.45) is 3.55. The van der Waals surface area contributed by atoms with E-state index in [-0.39, 0.29) is 0 Å². The molecular formula is C14H26. The van der Waals surface area contributed by atoms with Gasteiger partial charge in [-0.2, -0.15) is 0 Å². The maximum atomic E-state index is 4.09. The van der Waals surface area contributed by atoms with Crippen LogP contribution in [0.2, 0.25) is 0 Å². The standard InChI is InChI=1S/C14H26/c1-8-14(6,7)10-13(12(4)5)9-11(2)3/h13H,2,4,8-10H2,1,3,5-7H3. The summed E-state index contributed by atoms with van der Waals surface area (Å²) >= 11 is 0. The largest absolute Gasteiger partial charge is 0.100 e. The third kappa shape index (κ3) is 5.26. The summed E-state index contributed by atoms with van der Waals surface area (Å²) in [6, 6.07) is 0. The second kappa shape index (κ2) is 5.38. The van der Waals surface area contributed by atoms with Crippen molar-refractivity contribution in [3.63, 3.8) is 0 Å². The van der Waals surface area contributed by atoms with Gasteiger partial charge in [0.2, 0.25) is 0 Å². The van der Waals surface area contributed by atoms with Crippen molar-refractivity contribution in [3.8, 4) is 0 Å². The Morgan fingerprint density at radius 1 is 1.21 bits per heavy atom. The van der Waals surface area contributed by atoms with Crippen molar-refractivity contribution in [2.24, 2.45) is 11.3 Å². The number of allylic oxidation sites excluding steroid dienone is 2. The number of hydrogen-bond acceptors (Lipinski definition) is 0. The maximum absolute atomic E-state index is 4.09. The van der Waals surface area contributed by atoms with Gasteiger partial charge in [0, 0.05) is 0 Å². The van der Waals surface area contributed by atoms with Crippen molar-refractivity contribution >= 4 is 0 Å². The zero-order valence-electron chi connectivity index (χ0n) is 10.6. The van der Waals surface area contributed by atoms with Gasteiger partial charge in [-0.15, -0.1) is 6.58 Å². The molecule has 14 heavy (non-hydrogen) atoms. The second-order valence-corrected chi connectivity index (χ2v) is 5.43. The lowest BCUT2D eigenvalue weighted by Crippen LogP contribution is -2.17. The Morgan fingerprint density at radius 3 is 2.00 bits per heavy atom. The summed E-state index contributed by atoms with van der Waals surface area (Å²) in [4.78, 5) is 0. The minimum absolute atomic E-state index is 0.430. The van der Waals surface area contributed by atoms with E-state index in [4.69, 9.17) is 0 Å². The van der Waals surface area contributed by atoms with E-state index in [2.05, 4.69) is 47.8 Å². The van der Waals surface area contributed by atoms with Gasteiger partial charge >= 0.3 is 0 Å². The van der Waals surface area contributed by atoms with Crippen LogP contribution in [-0.4, -0.2) is 0 Å². The second-order valence-electron chi connectivity index (χ2n) is 5.43. The van der Waals surface area contributed by atoms with E-state index < -0.39 is 0 Å². The van der Waals surface area contributed by atoms with Gasteiger partial charge in [0.15, 0.2) is 0 Å². The summed E-state index contributed by atoms with van der Waals surface area (Å²) in [5.74, 6) is 0.613. The molecule has 0 radical (unpaired) electrons. The maximum Gasteiger partial charge on any atom is -0.0167 e. The highest BCUT2D eigenvalue weighted by atomic mass is 14.3. The van der Waals surface area contributed by atoms with Crippen LogP contribution in [0.5, 0.6) is 0 Å². The average molecular weight is 194 g/mol. The quantitative estimate of drug-likeness (QED) is 0.524. The molecule has 0 amide bonds. The Balaban J connectivity index is 4.38. The van der Waals surface area contributed by atoms with Gasteiger partial charge in [-0.3, -0.25) is 0 Å². The minimum Gasteiger partial charge on any atom is -0.100 e. The molecule has 0 aromatic carbocycles. The van der Waals surface area contributed by atoms with Crippen molar-refractivity contribution < 1.29 is 0 Å². The van der Waals surface area contributed by atoms with Crippen molar-refractivity contribution in [3.05, 3.63) is 24.3 Å². The van der Waals surface area contributed by atoms with Crippen molar-refractivity contribution in [1.29, 1.82) is 0 Å². The van der Waals surface area contributed by atoms with Crippen LogP contribution in [0.15, 0.2) is 24.3 Å². The SMILES string of the molecule is C=C(C)CC(CC(C)(C)CC)C(=C)C. The first-order chi connectivity index (χ1) is 6.28. The lowest BCUT2D eigenvalue weighted by molar-refractivity contribution is 0.274. The van der Waals surface area contributed by atoms with Gasteiger partial charge in [-0.25, -0.2) is 0 Å². The smallest absolute Gasteiger partial charge is 0.0167 e. The summed E-state index contributed by atoms with van der Waals surface area (Å²) < 4.78 is 0. The normalized spacial score (nSPS) is 13.8. The molecule has 0 fully saturated rings. The van der Waals surface area contributed by atoms with E-state index in [1.54, 1.807) is 0 Å². The molecule has 0 aliphatic carbocycles. The molecule has 0 aliphatic rings. The minimum atomic E-state index is 0.430. The van der Waals surface area contributed by atoms with E-state index in [1.165, 1.54) is 24.0 Å². The third-order valence-corrected chi connectivity index (χ3v) is 3.05. The van der Waals surface area contributed by atoms with Gasteiger partial charge in [0.1, 0.15) is 0 Å². The number of hydrogen-bond donors (Lipinski definition) is 0. The molecule has 0 heterocycles. The van der Waals surface area contributed by atoms with Crippen LogP contribution in [0.3, 0.4) is 0 Å². The van der Waals surface area contributed by atoms with Crippen LogP contribution < -0.4 is 0 Å². The molecular weight excluding hydrogens is 168 g/mol. The van der Waals surface area contributed by atoms with Crippen LogP contribution in [0.4, 0.5) is 0 Å². The molecule has 1 unspecified atom stereocenters. The molecule has 0 spiro atoms. The molecule has 0 aliphatic heterocycles. The third-order valence-electron chi connectivity index (χ3n) is 3.05. The summed E-state index contributed by atoms with van der Waals surface area (Å²) in [6.45, 7) is 19.3. The van der Waals surface area contributed by atoms with Crippen LogP contribution >= 0.6 is 0 Å². The van der Waals surface area contributed by atoms with Crippen LogP contribution in [0.25, 0.3) is 0 Å². The van der Waals surface area contributed by atoms with Gasteiger partial charge in [-0.05, 0) is 38.0 Å². The molecule has 0 bridgehead atoms. The van der Waals surface area contributed by atoms with E-state index in [1.807, 2.05) is 0 Å². The van der Waals surface area contributed by atoms with Crippen LogP contribution in [0, 0.1) is 11.3 Å². The van der Waals surface area contributed by atoms with Gasteiger partial charge < -0.3 is 0 Å². The monoisotopic (exact) mass is 194 g/mol. The lowest BCUT2D eigenvalue weighted by Gasteiger charge is -2.29. The van der Waals surface area contributed by atoms with Gasteiger partial charge in [0.05, 0.1) is 0 Å². The van der Waals surface area contributed by atoms with Crippen LogP contribution in [-0.2, 0) is 0 Å². The first-order valence-electron chi connectivity index (χ1n) is 5.58. The molecule has 0 saturated heterocycles. The predicted molar refractivity (Wildman–Crippen MR) is 66.4 cm³/mol. The van der Waals surface area contributed by atoms with Crippen molar-refractivity contribution in [1.82, 2.24) is 0 Å². The summed E-state index contributed by atoms with van der Waals surface area (Å²) in [5.41, 5.74) is 3.00. The Kier molecular flexibility index (Phi) is 5.18. The topological polar surface area (TPSA) is 0 Å². The molecule has 0 N–H and O–H groups in total. The number of rotatable bonds is 6. The molecule has 0 aromatic heterocycles. The van der Waals surface area contributed by atoms with Crippen LogP contribution in [0.1, 0.15) is 53.9 Å². The van der Waals surface area contributed by atoms with E-state index in [9.17, 15) is 0 Å². The van der Waals surface area contributed by atoms with E-state index >= 15 is 0 Å². The zero-order chi connectivity index (χ0) is 11.4. The lowest BCUT2D eigenvalue weighted by atomic mass is 9.76. The average Bonchev–Trinajstić information content (AvgIpc) is 2.02. The Morgan fingerprint density at radius 2 is 1.71 bits per heavy atom. The fourth-order valence-electron chi connectivity index (χ4n) is 1.65. The first-order valence-corrected chi connectivity index (χ1v) is 5.58. The molecule has 1 atom stereocenters. The molecule has 82 valence electrons. The highest BCUT2D eigenvalue weighted by Gasteiger charge is 2.21. The fourth-order valence-corrected chi connectivity index (χ4v) is 1.65. The Bertz CT molecular complexity index is 208. The molecule has 0 aromatic rings. The first kappa shape index (κ1) is 13.5. The molecule has 0 heteroatoms. The molecule has 0 rings (SSSR count). The van der Waals surface area contributed by atoms with Gasteiger partial charge in [0.25, 0.3) is 0 Å². The summed E-state index contributed by atoms with van der Waals surface area (Å²) in [7, 11) is 0. The van der Waals surface area contributed by atoms with Crippen molar-refractivity contribution in [2.45, 2.75) is 53.9 Å². The van der Waals surface area contributed by atoms with Gasteiger partial charge in [-0.1, -0.05) is 44.9 Å². The molecule has 0 saturated carbocycles.